The summed E-state index contributed by atoms with van der Waals surface area (Å²) in [6.45, 7) is 0.276. The zero-order valence-corrected chi connectivity index (χ0v) is 26.9. The van der Waals surface area contributed by atoms with Crippen LogP contribution < -0.4 is 5.32 Å². The average Bonchev–Trinajstić information content (AvgIpc) is 3.75. The smallest absolute Gasteiger partial charge is 0.407 e. The van der Waals surface area contributed by atoms with E-state index in [1.807, 2.05) is 17.3 Å². The number of thioether (sulfide) groups is 1. The molecule has 0 fully saturated rings. The summed E-state index contributed by atoms with van der Waals surface area (Å²) < 4.78 is 5.51. The molecule has 1 aliphatic carbocycles. The Morgan fingerprint density at radius 3 is 1.74 bits per heavy atom. The molecule has 1 aromatic heterocycles. The maximum Gasteiger partial charge on any atom is 0.407 e. The average molecular weight is 639 g/mol. The molecule has 228 valence electrons. The van der Waals surface area contributed by atoms with Crippen molar-refractivity contribution < 1.29 is 9.53 Å². The molecule has 0 radical (unpaired) electrons. The topological polar surface area (TPSA) is 51.2 Å². The maximum absolute atomic E-state index is 13.5. The van der Waals surface area contributed by atoms with E-state index in [4.69, 9.17) is 4.74 Å². The van der Waals surface area contributed by atoms with Gasteiger partial charge >= 0.3 is 6.09 Å². The fourth-order valence-corrected chi connectivity index (χ4v) is 8.68. The van der Waals surface area contributed by atoms with Crippen LogP contribution in [0.5, 0.6) is 0 Å². The van der Waals surface area contributed by atoms with Gasteiger partial charge in [0.15, 0.2) is 0 Å². The number of nitrogens with zero attached hydrogens (tertiary/aromatic N) is 1. The first-order valence-electron chi connectivity index (χ1n) is 15.5. The summed E-state index contributed by atoms with van der Waals surface area (Å²) in [6, 6.07) is 48.5. The Labute approximate surface area is 278 Å². The summed E-state index contributed by atoms with van der Waals surface area (Å²) in [5.41, 5.74) is 11.2. The number of hydrogen-bond donors (Lipinski definition) is 1. The number of aromatic nitrogens is 1. The Morgan fingerprint density at radius 2 is 1.24 bits per heavy atom. The highest BCUT2D eigenvalue weighted by atomic mass is 32.2. The summed E-state index contributed by atoms with van der Waals surface area (Å²) in [7, 11) is 0. The lowest BCUT2D eigenvalue weighted by molar-refractivity contribution is 0.140. The summed E-state index contributed by atoms with van der Waals surface area (Å²) in [5.74, 6) is 0.645. The minimum absolute atomic E-state index is 0.00593. The second-order valence-corrected chi connectivity index (χ2v) is 13.4. The SMILES string of the molecule is O=C(N[C@H](CSC(c1ccccc1)(c1ccccc1)c1ccccc1)Cc1cscn1)OCC1c2ccccc2-c2ccccc21. The fraction of sp³-hybridized carbons (Fsp3) is 0.150. The number of ether oxygens (including phenoxy) is 1. The molecule has 0 spiro atoms. The summed E-state index contributed by atoms with van der Waals surface area (Å²) in [6.07, 6.45) is 0.197. The van der Waals surface area contributed by atoms with Crippen LogP contribution in [0.25, 0.3) is 11.1 Å². The second kappa shape index (κ2) is 13.8. The molecule has 0 saturated heterocycles. The number of alkyl carbamates (subject to hydrolysis) is 1. The van der Waals surface area contributed by atoms with Gasteiger partial charge in [0.1, 0.15) is 6.61 Å². The molecule has 1 amide bonds. The fourth-order valence-electron chi connectivity index (χ4n) is 6.54. The van der Waals surface area contributed by atoms with Crippen molar-refractivity contribution in [3.8, 4) is 11.1 Å². The van der Waals surface area contributed by atoms with E-state index in [0.29, 0.717) is 12.2 Å². The van der Waals surface area contributed by atoms with Gasteiger partial charge in [-0.05, 0) is 38.9 Å². The van der Waals surface area contributed by atoms with Crippen LogP contribution in [-0.2, 0) is 15.9 Å². The van der Waals surface area contributed by atoms with E-state index in [1.54, 1.807) is 11.3 Å². The van der Waals surface area contributed by atoms with Gasteiger partial charge in [-0.2, -0.15) is 0 Å². The van der Waals surface area contributed by atoms with E-state index < -0.39 is 10.8 Å². The van der Waals surface area contributed by atoms with Crippen LogP contribution >= 0.6 is 23.1 Å². The van der Waals surface area contributed by atoms with Crippen LogP contribution in [0.1, 0.15) is 39.4 Å². The summed E-state index contributed by atoms with van der Waals surface area (Å²) in [5, 5.41) is 5.29. The van der Waals surface area contributed by atoms with Crippen LogP contribution in [0.4, 0.5) is 4.79 Å². The third kappa shape index (κ3) is 6.11. The zero-order chi connectivity index (χ0) is 31.2. The largest absolute Gasteiger partial charge is 0.449 e. The van der Waals surface area contributed by atoms with E-state index in [9.17, 15) is 4.79 Å². The number of rotatable bonds is 11. The van der Waals surface area contributed by atoms with Crippen LogP contribution in [0, 0.1) is 0 Å². The molecule has 0 aliphatic heterocycles. The first-order chi connectivity index (χ1) is 22.7. The lowest BCUT2D eigenvalue weighted by atomic mass is 9.84. The van der Waals surface area contributed by atoms with E-state index >= 15 is 0 Å². The Kier molecular flexibility index (Phi) is 8.99. The number of carbonyl (C=O) groups excluding carboxylic acids is 1. The van der Waals surface area contributed by atoms with Crippen molar-refractivity contribution in [2.75, 3.05) is 12.4 Å². The van der Waals surface area contributed by atoms with Gasteiger partial charge in [-0.3, -0.25) is 0 Å². The van der Waals surface area contributed by atoms with Crippen molar-refractivity contribution in [3.05, 3.63) is 184 Å². The van der Waals surface area contributed by atoms with E-state index in [1.165, 1.54) is 38.9 Å². The van der Waals surface area contributed by atoms with Crippen molar-refractivity contribution in [3.63, 3.8) is 0 Å². The number of benzene rings is 5. The van der Waals surface area contributed by atoms with E-state index in [0.717, 1.165) is 5.69 Å². The van der Waals surface area contributed by atoms with Crippen LogP contribution in [0.15, 0.2) is 150 Å². The molecule has 1 N–H and O–H groups in total. The van der Waals surface area contributed by atoms with Crippen molar-refractivity contribution in [2.24, 2.45) is 0 Å². The van der Waals surface area contributed by atoms with Gasteiger partial charge in [0.05, 0.1) is 16.0 Å². The lowest BCUT2D eigenvalue weighted by Gasteiger charge is -2.36. The number of nitrogens with one attached hydrogen (secondary N) is 1. The van der Waals surface area contributed by atoms with Crippen molar-refractivity contribution in [1.82, 2.24) is 10.3 Å². The Morgan fingerprint density at radius 1 is 0.739 bits per heavy atom. The predicted molar refractivity (Wildman–Crippen MR) is 189 cm³/mol. The molecule has 1 heterocycles. The number of fused-ring (bicyclic) bond motifs is 3. The minimum Gasteiger partial charge on any atom is -0.449 e. The van der Waals surface area contributed by atoms with Gasteiger partial charge in [0.25, 0.3) is 0 Å². The monoisotopic (exact) mass is 638 g/mol. The lowest BCUT2D eigenvalue weighted by Crippen LogP contribution is -2.40. The molecule has 0 saturated carbocycles. The minimum atomic E-state index is -0.493. The first kappa shape index (κ1) is 30.0. The van der Waals surface area contributed by atoms with Crippen LogP contribution in [-0.4, -0.2) is 29.5 Å². The number of thiazole rings is 1. The Bertz CT molecular complexity index is 1740. The molecular weight excluding hydrogens is 605 g/mol. The zero-order valence-electron chi connectivity index (χ0n) is 25.3. The molecule has 0 unspecified atom stereocenters. The molecule has 7 rings (SSSR count). The van der Waals surface area contributed by atoms with Crippen molar-refractivity contribution in [1.29, 1.82) is 0 Å². The van der Waals surface area contributed by atoms with Gasteiger partial charge in [0, 0.05) is 29.5 Å². The van der Waals surface area contributed by atoms with Crippen LogP contribution in [0.3, 0.4) is 0 Å². The highest BCUT2D eigenvalue weighted by Gasteiger charge is 2.38. The first-order valence-corrected chi connectivity index (χ1v) is 17.4. The third-order valence-electron chi connectivity index (χ3n) is 8.65. The summed E-state index contributed by atoms with van der Waals surface area (Å²) in [4.78, 5) is 18.1. The second-order valence-electron chi connectivity index (χ2n) is 11.4. The normalized spacial score (nSPS) is 13.0. The van der Waals surface area contributed by atoms with Gasteiger partial charge in [-0.15, -0.1) is 23.1 Å². The molecule has 5 aromatic carbocycles. The quantitative estimate of drug-likeness (QED) is 0.144. The highest BCUT2D eigenvalue weighted by molar-refractivity contribution is 8.00. The molecule has 4 nitrogen and oxygen atoms in total. The predicted octanol–water partition coefficient (Wildman–Crippen LogP) is 9.32. The highest BCUT2D eigenvalue weighted by Crippen LogP contribution is 2.49. The van der Waals surface area contributed by atoms with Gasteiger partial charge in [-0.1, -0.05) is 140 Å². The molecule has 46 heavy (non-hydrogen) atoms. The van der Waals surface area contributed by atoms with Crippen molar-refractivity contribution >= 4 is 29.2 Å². The third-order valence-corrected chi connectivity index (χ3v) is 11.0. The maximum atomic E-state index is 13.5. The van der Waals surface area contributed by atoms with Gasteiger partial charge < -0.3 is 10.1 Å². The number of carbonyl (C=O) groups is 1. The molecule has 1 aliphatic rings. The molecule has 1 atom stereocenters. The summed E-state index contributed by atoms with van der Waals surface area (Å²) >= 11 is 3.40. The van der Waals surface area contributed by atoms with Crippen molar-refractivity contribution in [2.45, 2.75) is 23.1 Å². The number of hydrogen-bond acceptors (Lipinski definition) is 5. The van der Waals surface area contributed by atoms with Gasteiger partial charge in [-0.25, -0.2) is 9.78 Å². The van der Waals surface area contributed by atoms with E-state index in [2.05, 4.69) is 155 Å². The number of amides is 1. The van der Waals surface area contributed by atoms with Gasteiger partial charge in [0.2, 0.25) is 0 Å². The molecule has 6 aromatic rings. The standard InChI is InChI=1S/C40H34N2O2S2/c43-39(44-25-38-36-22-12-10-20-34(36)35-21-11-13-23-37(35)38)42-33(24-32-26-45-28-41-32)27-46-40(29-14-4-1-5-15-29,30-16-6-2-7-17-30)31-18-8-3-9-19-31/h1-23,26,28,33,38H,24-25,27H2,(H,42,43)/t33-/m0/s1. The van der Waals surface area contributed by atoms with Crippen LogP contribution in [0.2, 0.25) is 0 Å². The Balaban J connectivity index is 1.15. The Hall–Kier alpha value is -4.65. The molecular formula is C40H34N2O2S2. The van der Waals surface area contributed by atoms with E-state index in [-0.39, 0.29) is 18.6 Å². The molecule has 0 bridgehead atoms. The molecule has 6 heteroatoms.